The van der Waals surface area contributed by atoms with Crippen LogP contribution in [0.2, 0.25) is 0 Å². The standard InChI is InChI=1S/C19H21FO5/c1-12-7-17(23-3)18(24-4)10-14(12)11-25-19(21)9-13-5-6-16(22-2)15(20)8-13/h5-8,10H,9,11H2,1-4H3. The second-order valence-electron chi connectivity index (χ2n) is 5.44. The molecule has 25 heavy (non-hydrogen) atoms. The molecule has 0 radical (unpaired) electrons. The number of hydrogen-bond donors (Lipinski definition) is 0. The Labute approximate surface area is 146 Å². The quantitative estimate of drug-likeness (QED) is 0.718. The molecule has 0 unspecified atom stereocenters. The van der Waals surface area contributed by atoms with Crippen molar-refractivity contribution in [1.82, 2.24) is 0 Å². The molecule has 0 heterocycles. The summed E-state index contributed by atoms with van der Waals surface area (Å²) in [4.78, 5) is 12.0. The third-order valence-electron chi connectivity index (χ3n) is 3.80. The van der Waals surface area contributed by atoms with E-state index in [1.54, 1.807) is 26.4 Å². The summed E-state index contributed by atoms with van der Waals surface area (Å²) in [5.74, 6) is 0.362. The molecule has 0 aromatic heterocycles. The van der Waals surface area contributed by atoms with Crippen molar-refractivity contribution in [3.8, 4) is 17.2 Å². The smallest absolute Gasteiger partial charge is 0.310 e. The maximum Gasteiger partial charge on any atom is 0.310 e. The molecule has 0 fully saturated rings. The molecule has 2 aromatic rings. The molecule has 0 aliphatic heterocycles. The highest BCUT2D eigenvalue weighted by atomic mass is 19.1. The Morgan fingerprint density at radius 2 is 1.60 bits per heavy atom. The summed E-state index contributed by atoms with van der Waals surface area (Å²) < 4.78 is 34.3. The first-order valence-corrected chi connectivity index (χ1v) is 7.68. The van der Waals surface area contributed by atoms with E-state index < -0.39 is 11.8 Å². The van der Waals surface area contributed by atoms with Gasteiger partial charge in [-0.25, -0.2) is 4.39 Å². The summed E-state index contributed by atoms with van der Waals surface area (Å²) in [5, 5.41) is 0. The van der Waals surface area contributed by atoms with E-state index >= 15 is 0 Å². The Kier molecular flexibility index (Phi) is 6.22. The number of methoxy groups -OCH3 is 3. The van der Waals surface area contributed by atoms with Gasteiger partial charge in [0.15, 0.2) is 23.1 Å². The number of halogens is 1. The van der Waals surface area contributed by atoms with Crippen molar-refractivity contribution in [1.29, 1.82) is 0 Å². The highest BCUT2D eigenvalue weighted by Gasteiger charge is 2.12. The molecular formula is C19H21FO5. The van der Waals surface area contributed by atoms with Gasteiger partial charge in [-0.1, -0.05) is 6.07 Å². The molecule has 0 aliphatic rings. The molecule has 2 aromatic carbocycles. The molecule has 2 rings (SSSR count). The molecular weight excluding hydrogens is 327 g/mol. The molecule has 0 saturated carbocycles. The van der Waals surface area contributed by atoms with Crippen LogP contribution in [0.3, 0.4) is 0 Å². The lowest BCUT2D eigenvalue weighted by Gasteiger charge is -2.13. The number of carbonyl (C=O) groups is 1. The van der Waals surface area contributed by atoms with Gasteiger partial charge < -0.3 is 18.9 Å². The average molecular weight is 348 g/mol. The van der Waals surface area contributed by atoms with Crippen LogP contribution in [0.5, 0.6) is 17.2 Å². The fourth-order valence-corrected chi connectivity index (χ4v) is 2.37. The van der Waals surface area contributed by atoms with Gasteiger partial charge in [-0.3, -0.25) is 4.79 Å². The SMILES string of the molecule is COc1ccc(CC(=O)OCc2cc(OC)c(OC)cc2C)cc1F. The van der Waals surface area contributed by atoms with Crippen molar-refractivity contribution in [3.05, 3.63) is 52.8 Å². The van der Waals surface area contributed by atoms with Crippen molar-refractivity contribution < 1.29 is 28.1 Å². The maximum absolute atomic E-state index is 13.7. The number of ether oxygens (including phenoxy) is 4. The van der Waals surface area contributed by atoms with E-state index in [1.165, 1.54) is 19.2 Å². The van der Waals surface area contributed by atoms with E-state index in [9.17, 15) is 9.18 Å². The highest BCUT2D eigenvalue weighted by Crippen LogP contribution is 2.30. The Balaban J connectivity index is 2.01. The van der Waals surface area contributed by atoms with Gasteiger partial charge in [0.1, 0.15) is 6.61 Å². The van der Waals surface area contributed by atoms with Crippen LogP contribution in [0.4, 0.5) is 4.39 Å². The van der Waals surface area contributed by atoms with Gasteiger partial charge in [0.25, 0.3) is 0 Å². The summed E-state index contributed by atoms with van der Waals surface area (Å²) in [6.45, 7) is 1.99. The van der Waals surface area contributed by atoms with Gasteiger partial charge in [0, 0.05) is 0 Å². The van der Waals surface area contributed by atoms with Crippen molar-refractivity contribution in [2.75, 3.05) is 21.3 Å². The minimum absolute atomic E-state index is 0.0206. The minimum Gasteiger partial charge on any atom is -0.494 e. The second-order valence-corrected chi connectivity index (χ2v) is 5.44. The summed E-state index contributed by atoms with van der Waals surface area (Å²) in [6.07, 6.45) is -0.0206. The molecule has 0 spiro atoms. The largest absolute Gasteiger partial charge is 0.494 e. The van der Waals surface area contributed by atoms with Crippen LogP contribution in [0.25, 0.3) is 0 Å². The van der Waals surface area contributed by atoms with Gasteiger partial charge in [-0.2, -0.15) is 0 Å². The van der Waals surface area contributed by atoms with Gasteiger partial charge in [0.05, 0.1) is 27.8 Å². The first-order valence-electron chi connectivity index (χ1n) is 7.68. The minimum atomic E-state index is -0.511. The predicted molar refractivity (Wildman–Crippen MR) is 90.7 cm³/mol. The Hall–Kier alpha value is -2.76. The molecule has 0 N–H and O–H groups in total. The van der Waals surface area contributed by atoms with Crippen LogP contribution in [0.15, 0.2) is 30.3 Å². The van der Waals surface area contributed by atoms with Crippen molar-refractivity contribution in [2.24, 2.45) is 0 Å². The summed E-state index contributed by atoms with van der Waals surface area (Å²) in [5.41, 5.74) is 2.25. The molecule has 0 saturated heterocycles. The van der Waals surface area contributed by atoms with E-state index in [-0.39, 0.29) is 18.8 Å². The first kappa shape index (κ1) is 18.6. The van der Waals surface area contributed by atoms with Gasteiger partial charge in [-0.05, 0) is 47.9 Å². The van der Waals surface area contributed by atoms with Gasteiger partial charge in [-0.15, -0.1) is 0 Å². The van der Waals surface area contributed by atoms with Crippen LogP contribution in [-0.4, -0.2) is 27.3 Å². The zero-order valence-electron chi connectivity index (χ0n) is 14.7. The van der Waals surface area contributed by atoms with Crippen molar-refractivity contribution in [3.63, 3.8) is 0 Å². The highest BCUT2D eigenvalue weighted by molar-refractivity contribution is 5.72. The normalized spacial score (nSPS) is 10.3. The number of carbonyl (C=O) groups excluding carboxylic acids is 1. The zero-order valence-corrected chi connectivity index (χ0v) is 14.7. The lowest BCUT2D eigenvalue weighted by atomic mass is 10.1. The van der Waals surface area contributed by atoms with Crippen molar-refractivity contribution >= 4 is 5.97 Å². The molecule has 0 bridgehead atoms. The molecule has 5 nitrogen and oxygen atoms in total. The topological polar surface area (TPSA) is 54.0 Å². The maximum atomic E-state index is 13.7. The summed E-state index contributed by atoms with van der Waals surface area (Å²) in [6, 6.07) is 7.97. The van der Waals surface area contributed by atoms with E-state index in [4.69, 9.17) is 18.9 Å². The van der Waals surface area contributed by atoms with E-state index in [0.29, 0.717) is 17.1 Å². The third-order valence-corrected chi connectivity index (χ3v) is 3.80. The van der Waals surface area contributed by atoms with Crippen LogP contribution >= 0.6 is 0 Å². The number of benzene rings is 2. The van der Waals surface area contributed by atoms with Crippen LogP contribution < -0.4 is 14.2 Å². The molecule has 0 atom stereocenters. The number of aryl methyl sites for hydroxylation is 1. The van der Waals surface area contributed by atoms with Crippen molar-refractivity contribution in [2.45, 2.75) is 20.0 Å². The molecule has 134 valence electrons. The number of rotatable bonds is 7. The van der Waals surface area contributed by atoms with E-state index in [0.717, 1.165) is 11.1 Å². The Bertz CT molecular complexity index is 758. The Morgan fingerprint density at radius 3 is 2.20 bits per heavy atom. The van der Waals surface area contributed by atoms with E-state index in [2.05, 4.69) is 0 Å². The number of hydrogen-bond acceptors (Lipinski definition) is 5. The lowest BCUT2D eigenvalue weighted by Crippen LogP contribution is -2.09. The lowest BCUT2D eigenvalue weighted by molar-refractivity contribution is -0.144. The fourth-order valence-electron chi connectivity index (χ4n) is 2.37. The molecule has 0 amide bonds. The zero-order chi connectivity index (χ0) is 18.4. The molecule has 6 heteroatoms. The third kappa shape index (κ3) is 4.62. The van der Waals surface area contributed by atoms with Gasteiger partial charge in [0.2, 0.25) is 0 Å². The van der Waals surface area contributed by atoms with Crippen LogP contribution in [-0.2, 0) is 22.6 Å². The second kappa shape index (κ2) is 8.37. The van der Waals surface area contributed by atoms with E-state index in [1.807, 2.05) is 13.0 Å². The predicted octanol–water partition coefficient (Wildman–Crippen LogP) is 3.45. The summed E-state index contributed by atoms with van der Waals surface area (Å²) in [7, 11) is 4.49. The monoisotopic (exact) mass is 348 g/mol. The van der Waals surface area contributed by atoms with Crippen LogP contribution in [0, 0.1) is 12.7 Å². The first-order chi connectivity index (χ1) is 12.0. The Morgan fingerprint density at radius 1 is 0.960 bits per heavy atom. The fraction of sp³-hybridized carbons (Fsp3) is 0.316. The van der Waals surface area contributed by atoms with Crippen LogP contribution in [0.1, 0.15) is 16.7 Å². The summed E-state index contributed by atoms with van der Waals surface area (Å²) >= 11 is 0. The number of esters is 1. The van der Waals surface area contributed by atoms with Gasteiger partial charge >= 0.3 is 5.97 Å². The average Bonchev–Trinajstić information content (AvgIpc) is 2.60. The molecule has 0 aliphatic carbocycles.